The number of carbonyl (C=O) groups excluding carboxylic acids is 2. The molecule has 2 aromatic rings. The highest BCUT2D eigenvalue weighted by atomic mass is 32.1. The van der Waals surface area contributed by atoms with Crippen LogP contribution in [0.5, 0.6) is 0 Å². The number of nitrogens with one attached hydrogen (secondary N) is 1. The first kappa shape index (κ1) is 16.7. The molecule has 1 atom stereocenters. The van der Waals surface area contributed by atoms with Gasteiger partial charge in [0, 0.05) is 17.6 Å². The number of carbonyl (C=O) groups is 2. The molecule has 0 fully saturated rings. The molecule has 128 valence electrons. The van der Waals surface area contributed by atoms with Gasteiger partial charge in [-0.25, -0.2) is 0 Å². The van der Waals surface area contributed by atoms with Crippen LogP contribution in [0.25, 0.3) is 0 Å². The number of aromatic nitrogens is 2. The van der Waals surface area contributed by atoms with Crippen molar-refractivity contribution >= 4 is 28.2 Å². The number of amides is 2. The zero-order valence-electron chi connectivity index (χ0n) is 14.4. The average molecular weight is 346 g/mol. The molecule has 6 nitrogen and oxygen atoms in total. The van der Waals surface area contributed by atoms with E-state index in [9.17, 15) is 9.59 Å². The van der Waals surface area contributed by atoms with Crippen molar-refractivity contribution in [3.8, 4) is 0 Å². The number of hydrogen-bond acceptors (Lipinski definition) is 4. The molecule has 0 radical (unpaired) electrons. The second kappa shape index (κ2) is 6.05. The number of rotatable bonds is 3. The van der Waals surface area contributed by atoms with E-state index in [0.29, 0.717) is 27.7 Å². The molecule has 3 rings (SSSR count). The summed E-state index contributed by atoms with van der Waals surface area (Å²) in [6, 6.07) is 0. The second-order valence-corrected chi connectivity index (χ2v) is 7.65. The summed E-state index contributed by atoms with van der Waals surface area (Å²) in [4.78, 5) is 25.8. The molecule has 0 saturated heterocycles. The first-order chi connectivity index (χ1) is 11.3. The number of aryl methyl sites for hydroxylation is 2. The minimum atomic E-state index is -0.475. The maximum Gasteiger partial charge on any atom is 0.260 e. The van der Waals surface area contributed by atoms with Crippen molar-refractivity contribution < 1.29 is 9.59 Å². The summed E-state index contributed by atoms with van der Waals surface area (Å²) in [5.74, 6) is -0.132. The molecule has 0 spiro atoms. The summed E-state index contributed by atoms with van der Waals surface area (Å²) in [7, 11) is 1.80. The number of primary amides is 1. The molecule has 3 N–H and O–H groups in total. The molecule has 2 heterocycles. The van der Waals surface area contributed by atoms with Crippen molar-refractivity contribution in [3.05, 3.63) is 33.0 Å². The third-order valence-electron chi connectivity index (χ3n) is 4.72. The van der Waals surface area contributed by atoms with Crippen LogP contribution < -0.4 is 11.1 Å². The Morgan fingerprint density at radius 2 is 2.04 bits per heavy atom. The summed E-state index contributed by atoms with van der Waals surface area (Å²) in [5.41, 5.74) is 9.10. The van der Waals surface area contributed by atoms with Gasteiger partial charge in [0.05, 0.1) is 16.8 Å². The van der Waals surface area contributed by atoms with Crippen molar-refractivity contribution in [2.24, 2.45) is 18.7 Å². The Morgan fingerprint density at radius 3 is 2.62 bits per heavy atom. The third kappa shape index (κ3) is 2.73. The predicted molar refractivity (Wildman–Crippen MR) is 94.7 cm³/mol. The lowest BCUT2D eigenvalue weighted by molar-refractivity contribution is 0.1000. The molecule has 0 saturated carbocycles. The van der Waals surface area contributed by atoms with Gasteiger partial charge in [0.15, 0.2) is 0 Å². The van der Waals surface area contributed by atoms with Crippen LogP contribution in [0.2, 0.25) is 0 Å². The summed E-state index contributed by atoms with van der Waals surface area (Å²) in [6.45, 7) is 5.86. The van der Waals surface area contributed by atoms with Crippen molar-refractivity contribution in [2.75, 3.05) is 5.32 Å². The standard InChI is InChI=1S/C17H22N4O2S/c1-8-5-6-11-12(7-8)24-17(14(11)15(18)22)19-16(23)13-9(2)20-21(4)10(13)3/h8H,5-7H2,1-4H3,(H2,18,22)(H,19,23). The van der Waals surface area contributed by atoms with Crippen LogP contribution in [0.3, 0.4) is 0 Å². The van der Waals surface area contributed by atoms with E-state index >= 15 is 0 Å². The van der Waals surface area contributed by atoms with Crippen LogP contribution >= 0.6 is 11.3 Å². The highest BCUT2D eigenvalue weighted by molar-refractivity contribution is 7.17. The van der Waals surface area contributed by atoms with Gasteiger partial charge in [-0.2, -0.15) is 5.10 Å². The zero-order valence-corrected chi connectivity index (χ0v) is 15.2. The van der Waals surface area contributed by atoms with Crippen molar-refractivity contribution in [2.45, 2.75) is 40.0 Å². The lowest BCUT2D eigenvalue weighted by Crippen LogP contribution is -2.20. The van der Waals surface area contributed by atoms with E-state index in [0.717, 1.165) is 35.4 Å². The fourth-order valence-corrected chi connectivity index (χ4v) is 4.78. The molecule has 24 heavy (non-hydrogen) atoms. The van der Waals surface area contributed by atoms with Crippen LogP contribution in [0.1, 0.15) is 55.9 Å². The Bertz CT molecular complexity index is 834. The fourth-order valence-electron chi connectivity index (χ4n) is 3.37. The van der Waals surface area contributed by atoms with Gasteiger partial charge < -0.3 is 11.1 Å². The monoisotopic (exact) mass is 346 g/mol. The molecule has 2 amide bonds. The van der Waals surface area contributed by atoms with Gasteiger partial charge in [0.2, 0.25) is 0 Å². The lowest BCUT2D eigenvalue weighted by atomic mass is 9.88. The smallest absolute Gasteiger partial charge is 0.260 e. The zero-order chi connectivity index (χ0) is 17.6. The SMILES string of the molecule is Cc1nn(C)c(C)c1C(=O)Nc1sc2c(c1C(N)=O)CCC(C)C2. The first-order valence-corrected chi connectivity index (χ1v) is 8.87. The van der Waals surface area contributed by atoms with E-state index in [1.54, 1.807) is 18.7 Å². The Morgan fingerprint density at radius 1 is 1.33 bits per heavy atom. The van der Waals surface area contributed by atoms with Crippen LogP contribution in [-0.2, 0) is 19.9 Å². The third-order valence-corrected chi connectivity index (χ3v) is 5.89. The molecular formula is C17H22N4O2S. The van der Waals surface area contributed by atoms with Crippen LogP contribution in [0, 0.1) is 19.8 Å². The molecule has 7 heteroatoms. The van der Waals surface area contributed by atoms with Crippen molar-refractivity contribution in [3.63, 3.8) is 0 Å². The Balaban J connectivity index is 1.98. The van der Waals surface area contributed by atoms with Gasteiger partial charge >= 0.3 is 0 Å². The normalized spacial score (nSPS) is 16.8. The van der Waals surface area contributed by atoms with E-state index in [-0.39, 0.29) is 5.91 Å². The predicted octanol–water partition coefficient (Wildman–Crippen LogP) is 2.57. The van der Waals surface area contributed by atoms with Gasteiger partial charge in [-0.1, -0.05) is 6.92 Å². The highest BCUT2D eigenvalue weighted by Gasteiger charge is 2.28. The molecule has 0 aliphatic heterocycles. The second-order valence-electron chi connectivity index (χ2n) is 6.54. The lowest BCUT2D eigenvalue weighted by Gasteiger charge is -2.18. The van der Waals surface area contributed by atoms with E-state index in [4.69, 9.17) is 5.73 Å². The highest BCUT2D eigenvalue weighted by Crippen LogP contribution is 2.39. The number of fused-ring (bicyclic) bond motifs is 1. The molecule has 2 aromatic heterocycles. The molecular weight excluding hydrogens is 324 g/mol. The van der Waals surface area contributed by atoms with E-state index in [1.165, 1.54) is 11.3 Å². The van der Waals surface area contributed by atoms with Crippen molar-refractivity contribution in [1.29, 1.82) is 0 Å². The van der Waals surface area contributed by atoms with Crippen molar-refractivity contribution in [1.82, 2.24) is 9.78 Å². The molecule has 1 aliphatic carbocycles. The van der Waals surface area contributed by atoms with Gasteiger partial charge in [-0.3, -0.25) is 14.3 Å². The maximum absolute atomic E-state index is 12.7. The van der Waals surface area contributed by atoms with Crippen LogP contribution in [-0.4, -0.2) is 21.6 Å². The van der Waals surface area contributed by atoms with Gasteiger partial charge in [-0.15, -0.1) is 11.3 Å². The quantitative estimate of drug-likeness (QED) is 0.895. The van der Waals surface area contributed by atoms with Gasteiger partial charge in [0.1, 0.15) is 5.00 Å². The average Bonchev–Trinajstić information content (AvgIpc) is 2.95. The summed E-state index contributed by atoms with van der Waals surface area (Å²) >= 11 is 1.48. The van der Waals surface area contributed by atoms with Gasteiger partial charge in [-0.05, 0) is 44.6 Å². The van der Waals surface area contributed by atoms with E-state index < -0.39 is 5.91 Å². The number of hydrogen-bond donors (Lipinski definition) is 2. The number of nitrogens with zero attached hydrogens (tertiary/aromatic N) is 2. The fraction of sp³-hybridized carbons (Fsp3) is 0.471. The minimum Gasteiger partial charge on any atom is -0.365 e. The van der Waals surface area contributed by atoms with E-state index in [2.05, 4.69) is 17.3 Å². The Hall–Kier alpha value is -2.15. The number of anilines is 1. The van der Waals surface area contributed by atoms with Crippen LogP contribution in [0.15, 0.2) is 0 Å². The largest absolute Gasteiger partial charge is 0.365 e. The molecule has 0 aromatic carbocycles. The minimum absolute atomic E-state index is 0.243. The van der Waals surface area contributed by atoms with Crippen LogP contribution in [0.4, 0.5) is 5.00 Å². The summed E-state index contributed by atoms with van der Waals surface area (Å²) in [6.07, 6.45) is 2.81. The Kier molecular flexibility index (Phi) is 4.21. The Labute approximate surface area is 145 Å². The molecule has 1 aliphatic rings. The summed E-state index contributed by atoms with van der Waals surface area (Å²) in [5, 5.41) is 7.74. The number of thiophene rings is 1. The maximum atomic E-state index is 12.7. The summed E-state index contributed by atoms with van der Waals surface area (Å²) < 4.78 is 1.68. The topological polar surface area (TPSA) is 90.0 Å². The van der Waals surface area contributed by atoms with E-state index in [1.807, 2.05) is 6.92 Å². The number of nitrogens with two attached hydrogens (primary N) is 1. The van der Waals surface area contributed by atoms with Gasteiger partial charge in [0.25, 0.3) is 11.8 Å². The molecule has 1 unspecified atom stereocenters. The first-order valence-electron chi connectivity index (χ1n) is 8.05. The molecule has 0 bridgehead atoms.